The van der Waals surface area contributed by atoms with Crippen LogP contribution >= 0.6 is 0 Å². The monoisotopic (exact) mass is 441 g/mol. The van der Waals surface area contributed by atoms with Gasteiger partial charge in [-0.2, -0.15) is 4.98 Å². The van der Waals surface area contributed by atoms with Crippen LogP contribution in [-0.4, -0.2) is 30.9 Å². The fourth-order valence-electron chi connectivity index (χ4n) is 4.60. The first-order valence-electron chi connectivity index (χ1n) is 11.7. The van der Waals surface area contributed by atoms with Crippen molar-refractivity contribution in [3.63, 3.8) is 0 Å². The van der Waals surface area contributed by atoms with Crippen molar-refractivity contribution in [1.29, 1.82) is 0 Å². The molecule has 0 spiro atoms. The summed E-state index contributed by atoms with van der Waals surface area (Å²) >= 11 is 0. The Balaban J connectivity index is 1.45. The van der Waals surface area contributed by atoms with Crippen LogP contribution in [0.2, 0.25) is 0 Å². The van der Waals surface area contributed by atoms with Crippen molar-refractivity contribution >= 4 is 22.7 Å². The number of rotatable bonds is 5. The highest BCUT2D eigenvalue weighted by atomic mass is 16.1. The Morgan fingerprint density at radius 2 is 2.00 bits per heavy atom. The number of fused-ring (bicyclic) bond motifs is 2. The average molecular weight is 442 g/mol. The van der Waals surface area contributed by atoms with E-state index in [2.05, 4.69) is 39.9 Å². The maximum absolute atomic E-state index is 13.2. The lowest BCUT2D eigenvalue weighted by atomic mass is 10.0. The van der Waals surface area contributed by atoms with Crippen LogP contribution in [0.15, 0.2) is 47.4 Å². The molecule has 0 radical (unpaired) electrons. The number of nitrogens with one attached hydrogen (secondary N) is 2. The van der Waals surface area contributed by atoms with Crippen LogP contribution < -0.4 is 16.2 Å². The SMILES string of the molecule is CC(C)n1c(=O)c2cnc(Nc3ccc4c(c3)CNCC4)nc2n1-c1cccc(C2CC2)n1. The van der Waals surface area contributed by atoms with Gasteiger partial charge in [0.25, 0.3) is 5.56 Å². The minimum atomic E-state index is -0.106. The predicted molar refractivity (Wildman–Crippen MR) is 128 cm³/mol. The zero-order valence-electron chi connectivity index (χ0n) is 18.9. The van der Waals surface area contributed by atoms with E-state index < -0.39 is 0 Å². The molecule has 2 aliphatic rings. The maximum Gasteiger partial charge on any atom is 0.278 e. The van der Waals surface area contributed by atoms with Crippen LogP contribution in [0.5, 0.6) is 0 Å². The van der Waals surface area contributed by atoms with Gasteiger partial charge in [0, 0.05) is 36.1 Å². The normalized spacial score (nSPS) is 15.7. The number of nitrogens with zero attached hydrogens (tertiary/aromatic N) is 5. The van der Waals surface area contributed by atoms with Crippen LogP contribution in [0.25, 0.3) is 16.9 Å². The minimum absolute atomic E-state index is 0.0531. The largest absolute Gasteiger partial charge is 0.324 e. The Kier molecular flexibility index (Phi) is 4.76. The fourth-order valence-corrected chi connectivity index (χ4v) is 4.60. The van der Waals surface area contributed by atoms with E-state index in [1.54, 1.807) is 10.9 Å². The third-order valence-electron chi connectivity index (χ3n) is 6.43. The van der Waals surface area contributed by atoms with Gasteiger partial charge < -0.3 is 10.6 Å². The van der Waals surface area contributed by atoms with E-state index in [0.717, 1.165) is 30.9 Å². The third kappa shape index (κ3) is 3.60. The van der Waals surface area contributed by atoms with Crippen molar-refractivity contribution in [2.24, 2.45) is 0 Å². The molecule has 3 aromatic heterocycles. The predicted octanol–water partition coefficient (Wildman–Crippen LogP) is 3.82. The molecule has 6 rings (SSSR count). The van der Waals surface area contributed by atoms with Gasteiger partial charge in [0.2, 0.25) is 5.95 Å². The van der Waals surface area contributed by atoms with E-state index in [4.69, 9.17) is 9.97 Å². The number of aromatic nitrogens is 5. The quantitative estimate of drug-likeness (QED) is 0.489. The summed E-state index contributed by atoms with van der Waals surface area (Å²) in [5, 5.41) is 7.23. The molecule has 1 saturated carbocycles. The van der Waals surface area contributed by atoms with Gasteiger partial charge in [-0.15, -0.1) is 0 Å². The zero-order chi connectivity index (χ0) is 22.5. The molecule has 1 aliphatic carbocycles. The van der Waals surface area contributed by atoms with Crippen LogP contribution in [0, 0.1) is 0 Å². The molecule has 4 heterocycles. The topological polar surface area (TPSA) is 89.7 Å². The van der Waals surface area contributed by atoms with Crippen molar-refractivity contribution in [2.45, 2.75) is 51.6 Å². The first-order chi connectivity index (χ1) is 16.1. The smallest absolute Gasteiger partial charge is 0.278 e. The summed E-state index contributed by atoms with van der Waals surface area (Å²) < 4.78 is 3.56. The van der Waals surface area contributed by atoms with Gasteiger partial charge in [0.15, 0.2) is 11.5 Å². The lowest BCUT2D eigenvalue weighted by Gasteiger charge is -2.18. The van der Waals surface area contributed by atoms with Gasteiger partial charge in [-0.05, 0) is 75.0 Å². The molecular weight excluding hydrogens is 414 g/mol. The van der Waals surface area contributed by atoms with Crippen molar-refractivity contribution in [3.8, 4) is 5.82 Å². The lowest BCUT2D eigenvalue weighted by molar-refractivity contribution is 0.471. The molecule has 1 aliphatic heterocycles. The van der Waals surface area contributed by atoms with Crippen LogP contribution in [0.1, 0.15) is 55.5 Å². The molecule has 0 bridgehead atoms. The molecule has 0 saturated heterocycles. The Labute approximate surface area is 191 Å². The molecule has 0 amide bonds. The molecule has 33 heavy (non-hydrogen) atoms. The molecule has 168 valence electrons. The lowest BCUT2D eigenvalue weighted by Crippen LogP contribution is -2.24. The highest BCUT2D eigenvalue weighted by molar-refractivity contribution is 5.77. The summed E-state index contributed by atoms with van der Waals surface area (Å²) in [7, 11) is 0. The molecular formula is C25H27N7O. The van der Waals surface area contributed by atoms with Gasteiger partial charge in [-0.3, -0.25) is 4.79 Å². The number of benzene rings is 1. The highest BCUT2D eigenvalue weighted by Gasteiger charge is 2.26. The molecule has 2 N–H and O–H groups in total. The van der Waals surface area contributed by atoms with Gasteiger partial charge >= 0.3 is 0 Å². The molecule has 1 fully saturated rings. The fraction of sp³-hybridized carbons (Fsp3) is 0.360. The number of pyridine rings is 1. The van der Waals surface area contributed by atoms with Crippen molar-refractivity contribution in [2.75, 3.05) is 11.9 Å². The summed E-state index contributed by atoms with van der Waals surface area (Å²) in [5.74, 6) is 1.69. The summed E-state index contributed by atoms with van der Waals surface area (Å²) in [4.78, 5) is 27.4. The van der Waals surface area contributed by atoms with E-state index in [-0.39, 0.29) is 11.6 Å². The van der Waals surface area contributed by atoms with Gasteiger partial charge in [0.1, 0.15) is 5.39 Å². The van der Waals surface area contributed by atoms with Crippen molar-refractivity contribution < 1.29 is 0 Å². The standard InChI is InChI=1S/C25H27N7O/c1-15(2)31-24(33)20-14-27-25(28-19-9-8-16-10-11-26-13-18(16)12-19)30-23(20)32(31)22-5-3-4-21(29-22)17-6-7-17/h3-5,8-9,12,14-15,17,26H,6-7,10-11,13H2,1-2H3,(H,27,28,30). The van der Waals surface area contributed by atoms with Crippen molar-refractivity contribution in [3.05, 3.63) is 69.8 Å². The molecule has 8 nitrogen and oxygen atoms in total. The van der Waals surface area contributed by atoms with Crippen LogP contribution in [0.4, 0.5) is 11.6 Å². The second-order valence-corrected chi connectivity index (χ2v) is 9.22. The molecule has 8 heteroatoms. The third-order valence-corrected chi connectivity index (χ3v) is 6.43. The number of hydrogen-bond acceptors (Lipinski definition) is 6. The Morgan fingerprint density at radius 3 is 2.82 bits per heavy atom. The summed E-state index contributed by atoms with van der Waals surface area (Å²) in [6.45, 7) is 5.87. The van der Waals surface area contributed by atoms with E-state index in [1.807, 2.05) is 30.7 Å². The number of hydrogen-bond donors (Lipinski definition) is 2. The Morgan fingerprint density at radius 1 is 1.12 bits per heavy atom. The first kappa shape index (κ1) is 20.1. The minimum Gasteiger partial charge on any atom is -0.324 e. The summed E-state index contributed by atoms with van der Waals surface area (Å²) in [6, 6.07) is 12.3. The molecule has 4 aromatic rings. The van der Waals surface area contributed by atoms with E-state index in [0.29, 0.717) is 28.7 Å². The molecule has 0 atom stereocenters. The van der Waals surface area contributed by atoms with Crippen molar-refractivity contribution in [1.82, 2.24) is 29.6 Å². The van der Waals surface area contributed by atoms with Gasteiger partial charge in [0.05, 0.1) is 0 Å². The first-order valence-corrected chi connectivity index (χ1v) is 11.7. The highest BCUT2D eigenvalue weighted by Crippen LogP contribution is 2.39. The maximum atomic E-state index is 13.2. The second-order valence-electron chi connectivity index (χ2n) is 9.22. The van der Waals surface area contributed by atoms with Gasteiger partial charge in [-0.1, -0.05) is 12.1 Å². The summed E-state index contributed by atoms with van der Waals surface area (Å²) in [6.07, 6.45) is 5.01. The summed E-state index contributed by atoms with van der Waals surface area (Å²) in [5.41, 5.74) is 5.13. The second kappa shape index (κ2) is 7.81. The molecule has 1 aromatic carbocycles. The Hall–Kier alpha value is -3.52. The molecule has 0 unspecified atom stereocenters. The average Bonchev–Trinajstić information content (AvgIpc) is 3.63. The van der Waals surface area contributed by atoms with Gasteiger partial charge in [-0.25, -0.2) is 19.3 Å². The van der Waals surface area contributed by atoms with Crippen LogP contribution in [-0.2, 0) is 13.0 Å². The van der Waals surface area contributed by atoms with E-state index in [9.17, 15) is 4.79 Å². The van der Waals surface area contributed by atoms with Crippen LogP contribution in [0.3, 0.4) is 0 Å². The van der Waals surface area contributed by atoms with E-state index in [1.165, 1.54) is 24.0 Å². The Bertz CT molecular complexity index is 1410. The van der Waals surface area contributed by atoms with E-state index >= 15 is 0 Å². The number of anilines is 2. The zero-order valence-corrected chi connectivity index (χ0v) is 18.9.